The highest BCUT2D eigenvalue weighted by molar-refractivity contribution is 6.09. The SMILES string of the molecule is CCN(CC)c1ccc(C=C(C#N)C(=O)Nc2ccccc2)o1. The molecule has 0 spiro atoms. The van der Waals surface area contributed by atoms with Crippen molar-refractivity contribution < 1.29 is 9.21 Å². The first-order valence-corrected chi connectivity index (χ1v) is 7.50. The van der Waals surface area contributed by atoms with E-state index < -0.39 is 5.91 Å². The number of nitriles is 1. The molecule has 0 unspecified atom stereocenters. The Labute approximate surface area is 135 Å². The molecule has 0 aliphatic carbocycles. The number of carbonyl (C=O) groups excluding carboxylic acids is 1. The minimum absolute atomic E-state index is 0.00528. The zero-order valence-electron chi connectivity index (χ0n) is 13.2. The minimum Gasteiger partial charge on any atom is -0.441 e. The molecule has 1 amide bonds. The highest BCUT2D eigenvalue weighted by Gasteiger charge is 2.12. The molecule has 0 aliphatic rings. The lowest BCUT2D eigenvalue weighted by molar-refractivity contribution is -0.112. The van der Waals surface area contributed by atoms with Gasteiger partial charge in [-0.25, -0.2) is 0 Å². The number of benzene rings is 1. The Morgan fingerprint density at radius 3 is 2.52 bits per heavy atom. The standard InChI is InChI=1S/C18H19N3O2/c1-3-21(4-2)17-11-10-16(23-17)12-14(13-19)18(22)20-15-8-6-5-7-9-15/h5-12H,3-4H2,1-2H3,(H,20,22). The number of furan rings is 1. The molecule has 0 bridgehead atoms. The van der Waals surface area contributed by atoms with Gasteiger partial charge in [0.1, 0.15) is 17.4 Å². The van der Waals surface area contributed by atoms with Crippen LogP contribution in [-0.4, -0.2) is 19.0 Å². The van der Waals surface area contributed by atoms with Crippen molar-refractivity contribution in [2.24, 2.45) is 0 Å². The first-order chi connectivity index (χ1) is 11.2. The van der Waals surface area contributed by atoms with Crippen LogP contribution in [0.4, 0.5) is 11.6 Å². The molecule has 1 aromatic heterocycles. The smallest absolute Gasteiger partial charge is 0.266 e. The van der Waals surface area contributed by atoms with Crippen LogP contribution in [-0.2, 0) is 4.79 Å². The van der Waals surface area contributed by atoms with Crippen molar-refractivity contribution in [1.29, 1.82) is 5.26 Å². The molecule has 1 aromatic carbocycles. The lowest BCUT2D eigenvalue weighted by Crippen LogP contribution is -2.20. The van der Waals surface area contributed by atoms with E-state index in [2.05, 4.69) is 5.32 Å². The van der Waals surface area contributed by atoms with Crippen LogP contribution in [0.15, 0.2) is 52.5 Å². The molecule has 0 saturated carbocycles. The molecule has 0 fully saturated rings. The second kappa shape index (κ2) is 7.85. The number of amides is 1. The van der Waals surface area contributed by atoms with Gasteiger partial charge in [-0.05, 0) is 32.0 Å². The van der Waals surface area contributed by atoms with Gasteiger partial charge < -0.3 is 14.6 Å². The third-order valence-corrected chi connectivity index (χ3v) is 3.37. The lowest BCUT2D eigenvalue weighted by atomic mass is 10.2. The molecular formula is C18H19N3O2. The van der Waals surface area contributed by atoms with Crippen molar-refractivity contribution in [1.82, 2.24) is 0 Å². The third-order valence-electron chi connectivity index (χ3n) is 3.37. The Kier molecular flexibility index (Phi) is 5.59. The molecule has 5 nitrogen and oxygen atoms in total. The van der Waals surface area contributed by atoms with Gasteiger partial charge in [0.2, 0.25) is 0 Å². The molecule has 0 saturated heterocycles. The van der Waals surface area contributed by atoms with Crippen LogP contribution in [0.2, 0.25) is 0 Å². The van der Waals surface area contributed by atoms with Crippen molar-refractivity contribution in [3.05, 3.63) is 53.8 Å². The Bertz CT molecular complexity index is 722. The maximum Gasteiger partial charge on any atom is 0.266 e. The number of para-hydroxylation sites is 1. The van der Waals surface area contributed by atoms with Gasteiger partial charge in [-0.2, -0.15) is 5.26 Å². The first kappa shape index (κ1) is 16.4. The number of anilines is 2. The Morgan fingerprint density at radius 1 is 1.22 bits per heavy atom. The van der Waals surface area contributed by atoms with Gasteiger partial charge in [-0.1, -0.05) is 18.2 Å². The maximum atomic E-state index is 12.1. The Morgan fingerprint density at radius 2 is 1.91 bits per heavy atom. The van der Waals surface area contributed by atoms with Crippen LogP contribution in [0.5, 0.6) is 0 Å². The molecule has 2 aromatic rings. The molecule has 5 heteroatoms. The highest BCUT2D eigenvalue weighted by Crippen LogP contribution is 2.20. The zero-order valence-corrected chi connectivity index (χ0v) is 13.2. The summed E-state index contributed by atoms with van der Waals surface area (Å²) in [4.78, 5) is 14.2. The second-order valence-electron chi connectivity index (χ2n) is 4.84. The lowest BCUT2D eigenvalue weighted by Gasteiger charge is -2.16. The summed E-state index contributed by atoms with van der Waals surface area (Å²) in [5.74, 6) is 0.744. The molecular weight excluding hydrogens is 290 g/mol. The van der Waals surface area contributed by atoms with E-state index in [1.807, 2.05) is 49.1 Å². The predicted octanol–water partition coefficient (Wildman–Crippen LogP) is 3.67. The maximum absolute atomic E-state index is 12.1. The minimum atomic E-state index is -0.459. The van der Waals surface area contributed by atoms with E-state index in [4.69, 9.17) is 4.42 Å². The fourth-order valence-corrected chi connectivity index (χ4v) is 2.14. The Balaban J connectivity index is 2.15. The van der Waals surface area contributed by atoms with E-state index in [-0.39, 0.29) is 5.57 Å². The quantitative estimate of drug-likeness (QED) is 0.653. The number of nitrogens with one attached hydrogen (secondary N) is 1. The van der Waals surface area contributed by atoms with E-state index in [1.54, 1.807) is 18.2 Å². The summed E-state index contributed by atoms with van der Waals surface area (Å²) < 4.78 is 5.68. The van der Waals surface area contributed by atoms with Gasteiger partial charge in [0, 0.05) is 30.9 Å². The van der Waals surface area contributed by atoms with Gasteiger partial charge in [0.05, 0.1) is 0 Å². The largest absolute Gasteiger partial charge is 0.441 e. The van der Waals surface area contributed by atoms with Gasteiger partial charge in [0.15, 0.2) is 5.88 Å². The molecule has 0 aliphatic heterocycles. The average molecular weight is 309 g/mol. The van der Waals surface area contributed by atoms with E-state index in [1.165, 1.54) is 6.08 Å². The molecule has 23 heavy (non-hydrogen) atoms. The number of nitrogens with zero attached hydrogens (tertiary/aromatic N) is 2. The van der Waals surface area contributed by atoms with Gasteiger partial charge in [-0.15, -0.1) is 0 Å². The normalized spacial score (nSPS) is 10.9. The van der Waals surface area contributed by atoms with Crippen molar-refractivity contribution in [3.8, 4) is 6.07 Å². The average Bonchev–Trinajstić information content (AvgIpc) is 3.03. The number of hydrogen-bond donors (Lipinski definition) is 1. The zero-order chi connectivity index (χ0) is 16.7. The van der Waals surface area contributed by atoms with E-state index in [0.717, 1.165) is 19.0 Å². The van der Waals surface area contributed by atoms with Crippen molar-refractivity contribution >= 4 is 23.6 Å². The van der Waals surface area contributed by atoms with Crippen LogP contribution >= 0.6 is 0 Å². The summed E-state index contributed by atoms with van der Waals surface area (Å²) in [5.41, 5.74) is 0.635. The summed E-state index contributed by atoms with van der Waals surface area (Å²) in [6, 6.07) is 14.5. The summed E-state index contributed by atoms with van der Waals surface area (Å²) in [6.07, 6.45) is 1.45. The summed E-state index contributed by atoms with van der Waals surface area (Å²) in [6.45, 7) is 5.73. The van der Waals surface area contributed by atoms with Gasteiger partial charge in [-0.3, -0.25) is 4.79 Å². The van der Waals surface area contributed by atoms with Crippen LogP contribution in [0.1, 0.15) is 19.6 Å². The monoisotopic (exact) mass is 309 g/mol. The summed E-state index contributed by atoms with van der Waals surface area (Å²) >= 11 is 0. The van der Waals surface area contributed by atoms with Crippen molar-refractivity contribution in [2.45, 2.75) is 13.8 Å². The highest BCUT2D eigenvalue weighted by atomic mass is 16.4. The van der Waals surface area contributed by atoms with Crippen molar-refractivity contribution in [2.75, 3.05) is 23.3 Å². The van der Waals surface area contributed by atoms with Gasteiger partial charge >= 0.3 is 0 Å². The topological polar surface area (TPSA) is 69.3 Å². The number of carbonyl (C=O) groups is 1. The molecule has 1 N–H and O–H groups in total. The number of hydrogen-bond acceptors (Lipinski definition) is 4. The fourth-order valence-electron chi connectivity index (χ4n) is 2.14. The molecule has 0 atom stereocenters. The summed E-state index contributed by atoms with van der Waals surface area (Å²) in [7, 11) is 0. The summed E-state index contributed by atoms with van der Waals surface area (Å²) in [5, 5.41) is 11.9. The predicted molar refractivity (Wildman–Crippen MR) is 90.9 cm³/mol. The van der Waals surface area contributed by atoms with Crippen LogP contribution in [0, 0.1) is 11.3 Å². The fraction of sp³-hybridized carbons (Fsp3) is 0.222. The van der Waals surface area contributed by atoms with Crippen LogP contribution < -0.4 is 10.2 Å². The second-order valence-corrected chi connectivity index (χ2v) is 4.84. The van der Waals surface area contributed by atoms with Crippen molar-refractivity contribution in [3.63, 3.8) is 0 Å². The third kappa shape index (κ3) is 4.24. The molecule has 118 valence electrons. The van der Waals surface area contributed by atoms with E-state index in [0.29, 0.717) is 11.4 Å². The number of rotatable bonds is 6. The first-order valence-electron chi connectivity index (χ1n) is 7.50. The molecule has 2 rings (SSSR count). The Hall–Kier alpha value is -3.00. The van der Waals surface area contributed by atoms with E-state index >= 15 is 0 Å². The molecule has 1 heterocycles. The van der Waals surface area contributed by atoms with E-state index in [9.17, 15) is 10.1 Å². The molecule has 0 radical (unpaired) electrons. The van der Waals surface area contributed by atoms with Gasteiger partial charge in [0.25, 0.3) is 5.91 Å². The van der Waals surface area contributed by atoms with Crippen LogP contribution in [0.3, 0.4) is 0 Å². The van der Waals surface area contributed by atoms with Crippen LogP contribution in [0.25, 0.3) is 6.08 Å².